The van der Waals surface area contributed by atoms with Crippen molar-refractivity contribution in [1.29, 1.82) is 0 Å². The van der Waals surface area contributed by atoms with Crippen molar-refractivity contribution in [2.75, 3.05) is 6.54 Å². The first-order valence-electron chi connectivity index (χ1n) is 6.18. The number of rotatable bonds is 2. The quantitative estimate of drug-likeness (QED) is 0.864. The number of piperazine rings is 1. The molecule has 0 bridgehead atoms. The van der Waals surface area contributed by atoms with E-state index in [9.17, 15) is 9.59 Å². The average Bonchev–Trinajstić information content (AvgIpc) is 3.02. The minimum Gasteiger partial charge on any atom is -0.345 e. The molecule has 2 amide bonds. The maximum absolute atomic E-state index is 12.2. The molecule has 1 aliphatic carbocycles. The number of hydrogen-bond donors (Lipinski definition) is 1. The summed E-state index contributed by atoms with van der Waals surface area (Å²) in [6, 6.07) is 0. The summed E-state index contributed by atoms with van der Waals surface area (Å²) < 4.78 is 0. The zero-order valence-electron chi connectivity index (χ0n) is 10.0. The normalized spacial score (nSPS) is 22.6. The second kappa shape index (κ2) is 4.35. The van der Waals surface area contributed by atoms with Crippen molar-refractivity contribution in [3.05, 3.63) is 16.6 Å². The van der Waals surface area contributed by atoms with Gasteiger partial charge in [0, 0.05) is 11.1 Å². The van der Waals surface area contributed by atoms with Crippen LogP contribution in [-0.2, 0) is 16.1 Å². The topological polar surface area (TPSA) is 62.3 Å². The fourth-order valence-corrected chi connectivity index (χ4v) is 3.53. The first kappa shape index (κ1) is 11.6. The number of carbonyl (C=O) groups is 2. The van der Waals surface area contributed by atoms with Gasteiger partial charge in [0.05, 0.1) is 18.6 Å². The standard InChI is InChI=1S/C12H15N3O2S/c16-10-6-14-11(17)12(3-1-2-4-12)15(10)7-9-5-13-8-18-9/h5,8H,1-4,6-7H2,(H,14,17). The maximum Gasteiger partial charge on any atom is 0.246 e. The molecule has 2 aliphatic rings. The van der Waals surface area contributed by atoms with E-state index in [-0.39, 0.29) is 18.4 Å². The third-order valence-corrected chi connectivity index (χ3v) is 4.63. The lowest BCUT2D eigenvalue weighted by molar-refractivity contribution is -0.154. The number of aromatic nitrogens is 1. The predicted octanol–water partition coefficient (Wildman–Crippen LogP) is 0.914. The van der Waals surface area contributed by atoms with Crippen molar-refractivity contribution >= 4 is 23.2 Å². The van der Waals surface area contributed by atoms with Crippen LogP contribution in [0.3, 0.4) is 0 Å². The van der Waals surface area contributed by atoms with Crippen LogP contribution in [0, 0.1) is 0 Å². The van der Waals surface area contributed by atoms with Crippen LogP contribution in [0.4, 0.5) is 0 Å². The minimum atomic E-state index is -0.598. The zero-order chi connectivity index (χ0) is 12.6. The molecule has 1 saturated heterocycles. The lowest BCUT2D eigenvalue weighted by atomic mass is 9.91. The molecule has 0 atom stereocenters. The Morgan fingerprint density at radius 3 is 2.83 bits per heavy atom. The molecular formula is C12H15N3O2S. The molecule has 0 aromatic carbocycles. The summed E-state index contributed by atoms with van der Waals surface area (Å²) in [6.07, 6.45) is 5.36. The first-order chi connectivity index (χ1) is 8.72. The smallest absolute Gasteiger partial charge is 0.246 e. The van der Waals surface area contributed by atoms with Crippen LogP contribution >= 0.6 is 11.3 Å². The molecule has 1 aromatic heterocycles. The number of amides is 2. The molecule has 2 heterocycles. The average molecular weight is 265 g/mol. The van der Waals surface area contributed by atoms with Gasteiger partial charge in [-0.1, -0.05) is 12.8 Å². The highest BCUT2D eigenvalue weighted by Gasteiger charge is 2.50. The fraction of sp³-hybridized carbons (Fsp3) is 0.583. The zero-order valence-corrected chi connectivity index (χ0v) is 10.8. The van der Waals surface area contributed by atoms with E-state index in [1.165, 1.54) is 11.3 Å². The van der Waals surface area contributed by atoms with E-state index in [1.54, 1.807) is 16.6 Å². The Labute approximate surface area is 109 Å². The van der Waals surface area contributed by atoms with Gasteiger partial charge >= 0.3 is 0 Å². The van der Waals surface area contributed by atoms with Gasteiger partial charge in [-0.2, -0.15) is 0 Å². The van der Waals surface area contributed by atoms with Crippen LogP contribution in [0.2, 0.25) is 0 Å². The molecule has 1 aliphatic heterocycles. The van der Waals surface area contributed by atoms with Crippen molar-refractivity contribution in [3.8, 4) is 0 Å². The summed E-state index contributed by atoms with van der Waals surface area (Å²) in [5.74, 6) is 0.0361. The van der Waals surface area contributed by atoms with Crippen molar-refractivity contribution in [3.63, 3.8) is 0 Å². The Balaban J connectivity index is 1.91. The molecule has 1 saturated carbocycles. The molecule has 5 nitrogen and oxygen atoms in total. The Bertz CT molecular complexity index is 466. The van der Waals surface area contributed by atoms with Gasteiger partial charge in [-0.15, -0.1) is 11.3 Å². The van der Waals surface area contributed by atoms with Crippen molar-refractivity contribution < 1.29 is 9.59 Å². The number of hydrogen-bond acceptors (Lipinski definition) is 4. The van der Waals surface area contributed by atoms with Crippen molar-refractivity contribution in [2.45, 2.75) is 37.8 Å². The van der Waals surface area contributed by atoms with E-state index in [0.717, 1.165) is 30.6 Å². The summed E-state index contributed by atoms with van der Waals surface area (Å²) in [6.45, 7) is 0.635. The van der Waals surface area contributed by atoms with E-state index in [2.05, 4.69) is 10.3 Å². The monoisotopic (exact) mass is 265 g/mol. The summed E-state index contributed by atoms with van der Waals surface area (Å²) in [7, 11) is 0. The van der Waals surface area contributed by atoms with Crippen molar-refractivity contribution in [1.82, 2.24) is 15.2 Å². The summed E-state index contributed by atoms with van der Waals surface area (Å²) in [4.78, 5) is 31.1. The molecule has 1 N–H and O–H groups in total. The second-order valence-electron chi connectivity index (χ2n) is 4.87. The summed E-state index contributed by atoms with van der Waals surface area (Å²) >= 11 is 1.53. The molecular weight excluding hydrogens is 250 g/mol. The number of nitrogens with one attached hydrogen (secondary N) is 1. The summed E-state index contributed by atoms with van der Waals surface area (Å²) in [5, 5.41) is 2.73. The molecule has 1 aromatic rings. The molecule has 1 spiro atoms. The van der Waals surface area contributed by atoms with Gasteiger partial charge in [-0.25, -0.2) is 0 Å². The Hall–Kier alpha value is -1.43. The highest BCUT2D eigenvalue weighted by Crippen LogP contribution is 2.38. The van der Waals surface area contributed by atoms with Crippen LogP contribution < -0.4 is 5.32 Å². The molecule has 2 fully saturated rings. The predicted molar refractivity (Wildman–Crippen MR) is 66.9 cm³/mol. The largest absolute Gasteiger partial charge is 0.345 e. The molecule has 3 rings (SSSR count). The molecule has 96 valence electrons. The SMILES string of the molecule is O=C1CNC(=O)C2(CCCC2)N1Cc1cncs1. The molecule has 18 heavy (non-hydrogen) atoms. The Kier molecular flexibility index (Phi) is 2.81. The van der Waals surface area contributed by atoms with Crippen LogP contribution in [0.5, 0.6) is 0 Å². The lowest BCUT2D eigenvalue weighted by Gasteiger charge is -2.43. The second-order valence-corrected chi connectivity index (χ2v) is 5.84. The van der Waals surface area contributed by atoms with Gasteiger partial charge in [0.15, 0.2) is 0 Å². The minimum absolute atomic E-state index is 0.0177. The number of nitrogens with zero attached hydrogens (tertiary/aromatic N) is 2. The molecule has 6 heteroatoms. The van der Waals surface area contributed by atoms with Crippen LogP contribution in [-0.4, -0.2) is 33.8 Å². The third-order valence-electron chi connectivity index (χ3n) is 3.87. The number of thiazole rings is 1. The van der Waals surface area contributed by atoms with Gasteiger partial charge in [0.1, 0.15) is 5.54 Å². The maximum atomic E-state index is 12.2. The van der Waals surface area contributed by atoms with Crippen molar-refractivity contribution in [2.24, 2.45) is 0 Å². The van der Waals surface area contributed by atoms with Crippen LogP contribution in [0.25, 0.3) is 0 Å². The van der Waals surface area contributed by atoms with Crippen LogP contribution in [0.15, 0.2) is 11.7 Å². The van der Waals surface area contributed by atoms with Gasteiger partial charge in [0.2, 0.25) is 11.8 Å². The lowest BCUT2D eigenvalue weighted by Crippen LogP contribution is -2.65. The molecule has 0 radical (unpaired) electrons. The van der Waals surface area contributed by atoms with Gasteiger partial charge < -0.3 is 10.2 Å². The van der Waals surface area contributed by atoms with Gasteiger partial charge in [0.25, 0.3) is 0 Å². The van der Waals surface area contributed by atoms with E-state index < -0.39 is 5.54 Å². The van der Waals surface area contributed by atoms with E-state index in [1.807, 2.05) is 0 Å². The van der Waals surface area contributed by atoms with E-state index in [0.29, 0.717) is 6.54 Å². The fourth-order valence-electron chi connectivity index (χ4n) is 2.95. The Morgan fingerprint density at radius 2 is 2.17 bits per heavy atom. The van der Waals surface area contributed by atoms with E-state index in [4.69, 9.17) is 0 Å². The summed E-state index contributed by atoms with van der Waals surface area (Å²) in [5.41, 5.74) is 1.16. The third kappa shape index (κ3) is 1.71. The molecule has 0 unspecified atom stereocenters. The van der Waals surface area contributed by atoms with Crippen LogP contribution in [0.1, 0.15) is 30.6 Å². The number of carbonyl (C=O) groups excluding carboxylic acids is 2. The highest BCUT2D eigenvalue weighted by atomic mass is 32.1. The van der Waals surface area contributed by atoms with E-state index >= 15 is 0 Å². The highest BCUT2D eigenvalue weighted by molar-refractivity contribution is 7.09. The Morgan fingerprint density at radius 1 is 1.39 bits per heavy atom. The van der Waals surface area contributed by atoms with Gasteiger partial charge in [-0.3, -0.25) is 14.6 Å². The van der Waals surface area contributed by atoms with Gasteiger partial charge in [-0.05, 0) is 12.8 Å². The first-order valence-corrected chi connectivity index (χ1v) is 7.06.